The first-order chi connectivity index (χ1) is 18.7. The summed E-state index contributed by atoms with van der Waals surface area (Å²) in [5.41, 5.74) is 9.44. The molecule has 4 rings (SSSR count). The molecule has 39 heavy (non-hydrogen) atoms. The highest BCUT2D eigenvalue weighted by Crippen LogP contribution is 2.26. The van der Waals surface area contributed by atoms with Crippen molar-refractivity contribution in [3.8, 4) is 11.8 Å². The lowest BCUT2D eigenvalue weighted by atomic mass is 9.94. The molecule has 1 aliphatic heterocycles. The van der Waals surface area contributed by atoms with Crippen LogP contribution in [0.1, 0.15) is 76.8 Å². The van der Waals surface area contributed by atoms with Crippen molar-refractivity contribution in [1.82, 2.24) is 19.4 Å². The summed E-state index contributed by atoms with van der Waals surface area (Å²) in [5, 5.41) is 0. The molecule has 0 bridgehead atoms. The lowest BCUT2D eigenvalue weighted by Gasteiger charge is -2.32. The second-order valence-electron chi connectivity index (χ2n) is 11.2. The number of anilines is 1. The van der Waals surface area contributed by atoms with Gasteiger partial charge in [-0.05, 0) is 51.5 Å². The molecule has 3 heterocycles. The maximum atomic E-state index is 12.4. The van der Waals surface area contributed by atoms with Gasteiger partial charge in [0.25, 0.3) is 0 Å². The van der Waals surface area contributed by atoms with Gasteiger partial charge in [0.15, 0.2) is 5.82 Å². The Morgan fingerprint density at radius 1 is 1.15 bits per heavy atom. The normalized spacial score (nSPS) is 14.3. The number of carbonyl (C=O) groups is 1. The molecule has 0 saturated carbocycles. The predicted molar refractivity (Wildman–Crippen MR) is 154 cm³/mol. The Balaban J connectivity index is 1.46. The van der Waals surface area contributed by atoms with Gasteiger partial charge in [0.05, 0.1) is 12.2 Å². The maximum Gasteiger partial charge on any atom is 0.410 e. The number of fused-ring (bicyclic) bond motifs is 1. The standard InChI is InChI=1S/C31H41N5O3/c1-5-6-15-26-33-27-25(14-10-13-23-16-18-35(19-17-23)30(37)39-31(2,3)4)20-36(28(27)29(32)34-26)22-38-21-24-11-8-7-9-12-24/h7-9,11-12,20,23H,5-6,13,15-19,21-22H2,1-4H3,(H2,32,33,34). The minimum Gasteiger partial charge on any atom is -0.444 e. The first kappa shape index (κ1) is 28.4. The van der Waals surface area contributed by atoms with Crippen LogP contribution in [0, 0.1) is 17.8 Å². The quantitative estimate of drug-likeness (QED) is 0.363. The van der Waals surface area contributed by atoms with Gasteiger partial charge in [0.1, 0.15) is 29.2 Å². The van der Waals surface area contributed by atoms with Gasteiger partial charge in [-0.2, -0.15) is 0 Å². The van der Waals surface area contributed by atoms with Crippen molar-refractivity contribution < 1.29 is 14.3 Å². The topological polar surface area (TPSA) is 95.5 Å². The molecule has 1 aliphatic rings. The number of ether oxygens (including phenoxy) is 2. The third-order valence-electron chi connectivity index (χ3n) is 6.76. The van der Waals surface area contributed by atoms with Crippen molar-refractivity contribution >= 4 is 22.9 Å². The average Bonchev–Trinajstić information content (AvgIpc) is 3.25. The summed E-state index contributed by atoms with van der Waals surface area (Å²) in [6.45, 7) is 10.1. The third-order valence-corrected chi connectivity index (χ3v) is 6.76. The van der Waals surface area contributed by atoms with Gasteiger partial charge in [-0.3, -0.25) is 0 Å². The van der Waals surface area contributed by atoms with Crippen LogP contribution in [0.25, 0.3) is 11.0 Å². The van der Waals surface area contributed by atoms with Crippen LogP contribution in [0.15, 0.2) is 36.5 Å². The Bertz CT molecular complexity index is 1310. The second kappa shape index (κ2) is 13.0. The molecule has 1 aromatic carbocycles. The highest BCUT2D eigenvalue weighted by molar-refractivity contribution is 5.90. The van der Waals surface area contributed by atoms with Crippen LogP contribution in [0.5, 0.6) is 0 Å². The molecule has 0 unspecified atom stereocenters. The van der Waals surface area contributed by atoms with Gasteiger partial charge in [-0.25, -0.2) is 14.8 Å². The summed E-state index contributed by atoms with van der Waals surface area (Å²) in [4.78, 5) is 23.6. The molecular formula is C31H41N5O3. The van der Waals surface area contributed by atoms with Gasteiger partial charge in [-0.1, -0.05) is 55.5 Å². The number of rotatable bonds is 8. The molecule has 1 saturated heterocycles. The average molecular weight is 532 g/mol. The fraction of sp³-hybridized carbons (Fsp3) is 0.516. The van der Waals surface area contributed by atoms with Crippen LogP contribution in [-0.2, 0) is 29.2 Å². The Morgan fingerprint density at radius 3 is 2.59 bits per heavy atom. The molecule has 0 radical (unpaired) electrons. The molecule has 2 aromatic heterocycles. The minimum atomic E-state index is -0.478. The molecular weight excluding hydrogens is 490 g/mol. The van der Waals surface area contributed by atoms with Gasteiger partial charge >= 0.3 is 6.09 Å². The van der Waals surface area contributed by atoms with Crippen molar-refractivity contribution in [2.45, 2.75) is 85.2 Å². The Kier molecular flexibility index (Phi) is 9.47. The Morgan fingerprint density at radius 2 is 1.90 bits per heavy atom. The van der Waals surface area contributed by atoms with Crippen LogP contribution in [0.3, 0.4) is 0 Å². The van der Waals surface area contributed by atoms with Gasteiger partial charge in [-0.15, -0.1) is 0 Å². The number of amides is 1. The molecule has 3 aromatic rings. The summed E-state index contributed by atoms with van der Waals surface area (Å²) in [5.74, 6) is 8.40. The Hall–Kier alpha value is -3.57. The highest BCUT2D eigenvalue weighted by Gasteiger charge is 2.26. The monoisotopic (exact) mass is 531 g/mol. The van der Waals surface area contributed by atoms with E-state index in [1.165, 1.54) is 0 Å². The summed E-state index contributed by atoms with van der Waals surface area (Å²) < 4.78 is 13.5. The van der Waals surface area contributed by atoms with Crippen LogP contribution < -0.4 is 5.73 Å². The summed E-state index contributed by atoms with van der Waals surface area (Å²) in [6.07, 6.45) is 7.20. The third kappa shape index (κ3) is 7.96. The van der Waals surface area contributed by atoms with Gasteiger partial charge in [0.2, 0.25) is 0 Å². The molecule has 8 nitrogen and oxygen atoms in total. The summed E-state index contributed by atoms with van der Waals surface area (Å²) in [7, 11) is 0. The largest absolute Gasteiger partial charge is 0.444 e. The van der Waals surface area contributed by atoms with Crippen molar-refractivity contribution in [1.29, 1.82) is 0 Å². The van der Waals surface area contributed by atoms with Crippen LogP contribution in [0.4, 0.5) is 10.6 Å². The van der Waals surface area contributed by atoms with E-state index in [0.29, 0.717) is 38.2 Å². The lowest BCUT2D eigenvalue weighted by molar-refractivity contribution is 0.0185. The molecule has 0 atom stereocenters. The molecule has 1 fully saturated rings. The van der Waals surface area contributed by atoms with Crippen molar-refractivity contribution in [2.24, 2.45) is 5.92 Å². The van der Waals surface area contributed by atoms with Gasteiger partial charge < -0.3 is 24.7 Å². The summed E-state index contributed by atoms with van der Waals surface area (Å²) >= 11 is 0. The number of hydrogen-bond acceptors (Lipinski definition) is 6. The second-order valence-corrected chi connectivity index (χ2v) is 11.2. The van der Waals surface area contributed by atoms with Crippen LogP contribution in [0.2, 0.25) is 0 Å². The lowest BCUT2D eigenvalue weighted by Crippen LogP contribution is -2.41. The Labute approximate surface area is 231 Å². The number of aryl methyl sites for hydroxylation is 1. The number of hydrogen-bond donors (Lipinski definition) is 1. The number of piperidine rings is 1. The maximum absolute atomic E-state index is 12.4. The molecule has 2 N–H and O–H groups in total. The van der Waals surface area contributed by atoms with Crippen LogP contribution >= 0.6 is 0 Å². The number of nitrogens with zero attached hydrogens (tertiary/aromatic N) is 4. The molecule has 0 aliphatic carbocycles. The fourth-order valence-electron chi connectivity index (χ4n) is 4.69. The number of benzene rings is 1. The highest BCUT2D eigenvalue weighted by atomic mass is 16.6. The fourth-order valence-corrected chi connectivity index (χ4v) is 4.69. The smallest absolute Gasteiger partial charge is 0.410 e. The van der Waals surface area contributed by atoms with E-state index in [1.807, 2.05) is 61.9 Å². The molecule has 1 amide bonds. The first-order valence-corrected chi connectivity index (χ1v) is 14.0. The predicted octanol–water partition coefficient (Wildman–Crippen LogP) is 5.92. The van der Waals surface area contributed by atoms with E-state index in [4.69, 9.17) is 20.2 Å². The number of unbranched alkanes of at least 4 members (excludes halogenated alkanes) is 1. The van der Waals surface area contributed by atoms with E-state index in [9.17, 15) is 4.79 Å². The molecule has 0 spiro atoms. The van der Waals surface area contributed by atoms with E-state index in [-0.39, 0.29) is 6.09 Å². The van der Waals surface area contributed by atoms with Crippen molar-refractivity contribution in [3.63, 3.8) is 0 Å². The first-order valence-electron chi connectivity index (χ1n) is 14.0. The number of nitrogen functional groups attached to an aromatic ring is 1. The zero-order valence-electron chi connectivity index (χ0n) is 23.7. The molecule has 8 heteroatoms. The SMILES string of the molecule is CCCCc1nc(N)c2c(n1)c(C#CCC1CCN(C(=O)OC(C)(C)C)CC1)cn2COCc1ccccc1. The van der Waals surface area contributed by atoms with Gasteiger partial charge in [0, 0.05) is 32.1 Å². The number of aromatic nitrogens is 3. The van der Waals surface area contributed by atoms with Crippen molar-refractivity contribution in [2.75, 3.05) is 18.8 Å². The number of likely N-dealkylation sites (tertiary alicyclic amines) is 1. The summed E-state index contributed by atoms with van der Waals surface area (Å²) in [6, 6.07) is 10.1. The zero-order valence-corrected chi connectivity index (χ0v) is 23.7. The minimum absolute atomic E-state index is 0.231. The van der Waals surface area contributed by atoms with E-state index in [0.717, 1.165) is 66.5 Å². The van der Waals surface area contributed by atoms with E-state index in [1.54, 1.807) is 4.90 Å². The molecule has 208 valence electrons. The van der Waals surface area contributed by atoms with E-state index >= 15 is 0 Å². The van der Waals surface area contributed by atoms with E-state index < -0.39 is 5.60 Å². The number of nitrogens with two attached hydrogens (primary N) is 1. The van der Waals surface area contributed by atoms with E-state index in [2.05, 4.69) is 23.7 Å². The zero-order chi connectivity index (χ0) is 27.8. The number of carbonyl (C=O) groups excluding carboxylic acids is 1. The van der Waals surface area contributed by atoms with Crippen molar-refractivity contribution in [3.05, 3.63) is 53.5 Å². The van der Waals surface area contributed by atoms with Crippen LogP contribution in [-0.4, -0.2) is 44.2 Å².